The Hall–Kier alpha value is -2.96. The van der Waals surface area contributed by atoms with Gasteiger partial charge < -0.3 is 9.64 Å². The van der Waals surface area contributed by atoms with Crippen LogP contribution in [0.4, 0.5) is 5.82 Å². The molecule has 1 atom stereocenters. The van der Waals surface area contributed by atoms with Crippen molar-refractivity contribution in [1.82, 2.24) is 19.7 Å². The van der Waals surface area contributed by atoms with Crippen LogP contribution in [0.25, 0.3) is 16.7 Å². The second kappa shape index (κ2) is 6.88. The first kappa shape index (κ1) is 16.9. The summed E-state index contributed by atoms with van der Waals surface area (Å²) in [6, 6.07) is 9.29. The van der Waals surface area contributed by atoms with E-state index in [1.54, 1.807) is 22.7 Å². The van der Waals surface area contributed by atoms with E-state index in [2.05, 4.69) is 15.1 Å². The molecule has 2 aromatic heterocycles. The number of esters is 1. The van der Waals surface area contributed by atoms with Gasteiger partial charge in [-0.2, -0.15) is 5.10 Å². The first-order valence-corrected chi connectivity index (χ1v) is 8.16. The van der Waals surface area contributed by atoms with Crippen LogP contribution in [-0.2, 0) is 9.53 Å². The number of anilines is 1. The van der Waals surface area contributed by atoms with E-state index in [4.69, 9.17) is 4.74 Å². The molecule has 0 bridgehead atoms. The van der Waals surface area contributed by atoms with E-state index < -0.39 is 6.04 Å². The second-order valence-electron chi connectivity index (χ2n) is 6.10. The molecule has 0 aliphatic rings. The third kappa shape index (κ3) is 3.31. The van der Waals surface area contributed by atoms with Gasteiger partial charge in [0.25, 0.3) is 0 Å². The zero-order valence-electron chi connectivity index (χ0n) is 14.7. The molecule has 0 aliphatic carbocycles. The Labute approximate surface area is 146 Å². The molecule has 0 spiro atoms. The van der Waals surface area contributed by atoms with Gasteiger partial charge in [0.15, 0.2) is 5.65 Å². The van der Waals surface area contributed by atoms with E-state index in [0.29, 0.717) is 11.5 Å². The van der Waals surface area contributed by atoms with E-state index in [0.717, 1.165) is 11.1 Å². The quantitative estimate of drug-likeness (QED) is 0.665. The SMILES string of the molecule is CC(C)OC(=O)C(C)N(C)c1ncnc2c1cnn2-c1ccccc1. The summed E-state index contributed by atoms with van der Waals surface area (Å²) in [5.74, 6) is 0.347. The van der Waals surface area contributed by atoms with E-state index >= 15 is 0 Å². The third-order valence-electron chi connectivity index (χ3n) is 3.95. The number of nitrogens with zero attached hydrogens (tertiary/aromatic N) is 5. The van der Waals surface area contributed by atoms with E-state index in [1.807, 2.05) is 51.2 Å². The Bertz CT molecular complexity index is 876. The lowest BCUT2D eigenvalue weighted by Crippen LogP contribution is -2.38. The van der Waals surface area contributed by atoms with E-state index in [9.17, 15) is 4.79 Å². The number of para-hydroxylation sites is 1. The first-order chi connectivity index (χ1) is 12.0. The molecule has 7 nitrogen and oxygen atoms in total. The van der Waals surface area contributed by atoms with Crippen molar-refractivity contribution in [2.45, 2.75) is 32.9 Å². The Kier molecular flexibility index (Phi) is 4.65. The number of hydrogen-bond acceptors (Lipinski definition) is 6. The van der Waals surface area contributed by atoms with Crippen LogP contribution in [-0.4, -0.2) is 44.9 Å². The fraction of sp³-hybridized carbons (Fsp3) is 0.333. The molecule has 0 amide bonds. The summed E-state index contributed by atoms with van der Waals surface area (Å²) in [4.78, 5) is 22.7. The predicted molar refractivity (Wildman–Crippen MR) is 95.8 cm³/mol. The molecule has 1 unspecified atom stereocenters. The number of aromatic nitrogens is 4. The second-order valence-corrected chi connectivity index (χ2v) is 6.10. The van der Waals surface area contributed by atoms with Crippen LogP contribution in [0.2, 0.25) is 0 Å². The van der Waals surface area contributed by atoms with E-state index in [1.165, 1.54) is 6.33 Å². The van der Waals surface area contributed by atoms with Crippen molar-refractivity contribution in [3.8, 4) is 5.69 Å². The molecule has 7 heteroatoms. The van der Waals surface area contributed by atoms with Gasteiger partial charge in [-0.3, -0.25) is 0 Å². The summed E-state index contributed by atoms with van der Waals surface area (Å²) in [5.41, 5.74) is 1.60. The number of ether oxygens (including phenoxy) is 1. The van der Waals surface area contributed by atoms with Gasteiger partial charge in [-0.1, -0.05) is 18.2 Å². The van der Waals surface area contributed by atoms with E-state index in [-0.39, 0.29) is 12.1 Å². The summed E-state index contributed by atoms with van der Waals surface area (Å²) in [6.07, 6.45) is 3.04. The van der Waals surface area contributed by atoms with Crippen LogP contribution in [0.5, 0.6) is 0 Å². The standard InChI is InChI=1S/C18H21N5O2/c1-12(2)25-18(24)13(3)22(4)16-15-10-21-23(17(15)20-11-19-16)14-8-6-5-7-9-14/h5-13H,1-4H3. The lowest BCUT2D eigenvalue weighted by Gasteiger charge is -2.25. The Balaban J connectivity index is 1.98. The predicted octanol–water partition coefficient (Wildman–Crippen LogP) is 2.59. The number of likely N-dealkylation sites (N-methyl/N-ethyl adjacent to an activating group) is 1. The zero-order chi connectivity index (χ0) is 18.0. The molecule has 0 radical (unpaired) electrons. The molecule has 2 heterocycles. The summed E-state index contributed by atoms with van der Waals surface area (Å²) >= 11 is 0. The van der Waals surface area contributed by atoms with Crippen molar-refractivity contribution in [1.29, 1.82) is 0 Å². The minimum Gasteiger partial charge on any atom is -0.461 e. The van der Waals surface area contributed by atoms with Gasteiger partial charge in [0.1, 0.15) is 18.2 Å². The summed E-state index contributed by atoms with van der Waals surface area (Å²) in [6.45, 7) is 5.45. The summed E-state index contributed by atoms with van der Waals surface area (Å²) < 4.78 is 7.05. The average molecular weight is 339 g/mol. The van der Waals surface area contributed by atoms with Crippen molar-refractivity contribution >= 4 is 22.8 Å². The van der Waals surface area contributed by atoms with Crippen LogP contribution in [0.15, 0.2) is 42.9 Å². The highest BCUT2D eigenvalue weighted by molar-refractivity contribution is 5.90. The highest BCUT2D eigenvalue weighted by atomic mass is 16.5. The third-order valence-corrected chi connectivity index (χ3v) is 3.95. The lowest BCUT2D eigenvalue weighted by atomic mass is 10.2. The highest BCUT2D eigenvalue weighted by Gasteiger charge is 2.24. The van der Waals surface area contributed by atoms with Gasteiger partial charge in [0.2, 0.25) is 0 Å². The number of hydrogen-bond donors (Lipinski definition) is 0. The molecule has 0 fully saturated rings. The molecule has 0 aliphatic heterocycles. The van der Waals surface area contributed by atoms with Crippen molar-refractivity contribution < 1.29 is 9.53 Å². The van der Waals surface area contributed by atoms with Crippen molar-refractivity contribution in [2.75, 3.05) is 11.9 Å². The first-order valence-electron chi connectivity index (χ1n) is 8.16. The zero-order valence-corrected chi connectivity index (χ0v) is 14.7. The van der Waals surface area contributed by atoms with Crippen molar-refractivity contribution in [2.24, 2.45) is 0 Å². The molecule has 0 saturated heterocycles. The summed E-state index contributed by atoms with van der Waals surface area (Å²) in [7, 11) is 1.81. The van der Waals surface area contributed by atoms with Crippen LogP contribution in [0.3, 0.4) is 0 Å². The van der Waals surface area contributed by atoms with Crippen molar-refractivity contribution in [3.63, 3.8) is 0 Å². The topological polar surface area (TPSA) is 73.1 Å². The minimum atomic E-state index is -0.472. The van der Waals surface area contributed by atoms with Crippen LogP contribution >= 0.6 is 0 Å². The maximum Gasteiger partial charge on any atom is 0.328 e. The minimum absolute atomic E-state index is 0.158. The van der Waals surface area contributed by atoms with Gasteiger partial charge in [0.05, 0.1) is 23.4 Å². The molecule has 3 rings (SSSR count). The van der Waals surface area contributed by atoms with Gasteiger partial charge in [-0.15, -0.1) is 0 Å². The maximum atomic E-state index is 12.2. The molecule has 3 aromatic rings. The van der Waals surface area contributed by atoms with Gasteiger partial charge >= 0.3 is 5.97 Å². The van der Waals surface area contributed by atoms with Crippen LogP contribution < -0.4 is 4.90 Å². The number of carbonyl (C=O) groups is 1. The average Bonchev–Trinajstić information content (AvgIpc) is 3.04. The molecule has 1 aromatic carbocycles. The number of benzene rings is 1. The van der Waals surface area contributed by atoms with Crippen LogP contribution in [0, 0.1) is 0 Å². The lowest BCUT2D eigenvalue weighted by molar-refractivity contribution is -0.148. The number of fused-ring (bicyclic) bond motifs is 1. The highest BCUT2D eigenvalue weighted by Crippen LogP contribution is 2.25. The molecular weight excluding hydrogens is 318 g/mol. The van der Waals surface area contributed by atoms with Gasteiger partial charge in [-0.05, 0) is 32.9 Å². The monoisotopic (exact) mass is 339 g/mol. The Morgan fingerprint density at radius 3 is 2.56 bits per heavy atom. The molecular formula is C18H21N5O2. The molecule has 0 N–H and O–H groups in total. The Morgan fingerprint density at radius 2 is 1.88 bits per heavy atom. The smallest absolute Gasteiger partial charge is 0.328 e. The van der Waals surface area contributed by atoms with Gasteiger partial charge in [-0.25, -0.2) is 19.4 Å². The van der Waals surface area contributed by atoms with Gasteiger partial charge in [0, 0.05) is 7.05 Å². The van der Waals surface area contributed by atoms with Crippen molar-refractivity contribution in [3.05, 3.63) is 42.9 Å². The fourth-order valence-electron chi connectivity index (χ4n) is 2.54. The van der Waals surface area contributed by atoms with Crippen LogP contribution in [0.1, 0.15) is 20.8 Å². The largest absolute Gasteiger partial charge is 0.461 e. The molecule has 0 saturated carbocycles. The molecule has 130 valence electrons. The Morgan fingerprint density at radius 1 is 1.16 bits per heavy atom. The molecule has 25 heavy (non-hydrogen) atoms. The number of carbonyl (C=O) groups excluding carboxylic acids is 1. The summed E-state index contributed by atoms with van der Waals surface area (Å²) in [5, 5.41) is 5.21. The fourth-order valence-corrected chi connectivity index (χ4v) is 2.54. The maximum absolute atomic E-state index is 12.2. The number of rotatable bonds is 5. The normalized spacial score (nSPS) is 12.4.